The fourth-order valence-corrected chi connectivity index (χ4v) is 3.28. The molecule has 27 heavy (non-hydrogen) atoms. The summed E-state index contributed by atoms with van der Waals surface area (Å²) in [5, 5.41) is 4.57. The van der Waals surface area contributed by atoms with Crippen LogP contribution >= 0.6 is 11.3 Å². The third kappa shape index (κ3) is 3.95. The third-order valence-electron chi connectivity index (χ3n) is 3.84. The van der Waals surface area contributed by atoms with Crippen LogP contribution in [0.3, 0.4) is 0 Å². The second-order valence-electron chi connectivity index (χ2n) is 5.99. The number of hydrogen-bond donors (Lipinski definition) is 1. The summed E-state index contributed by atoms with van der Waals surface area (Å²) in [6, 6.07) is 4.71. The normalized spacial score (nSPS) is 11.6. The first-order chi connectivity index (χ1) is 12.7. The molecule has 10 heteroatoms. The largest absolute Gasteiger partial charge is 0.416 e. The number of benzene rings is 1. The van der Waals surface area contributed by atoms with E-state index >= 15 is 0 Å². The van der Waals surface area contributed by atoms with Crippen LogP contribution in [0.15, 0.2) is 40.8 Å². The molecule has 0 atom stereocenters. The Kier molecular flexibility index (Phi) is 4.92. The van der Waals surface area contributed by atoms with Crippen molar-refractivity contribution < 1.29 is 18.0 Å². The molecular weight excluding hydrogens is 381 g/mol. The first-order valence-corrected chi connectivity index (χ1v) is 8.66. The number of carbonyl (C=O) groups excluding carboxylic acids is 1. The van der Waals surface area contributed by atoms with Crippen LogP contribution in [-0.4, -0.2) is 29.6 Å². The summed E-state index contributed by atoms with van der Waals surface area (Å²) in [7, 11) is 3.30. The lowest BCUT2D eigenvalue weighted by molar-refractivity contribution is -0.137. The molecule has 0 bridgehead atoms. The topological polar surface area (TPSA) is 67.2 Å². The molecule has 0 radical (unpaired) electrons. The lowest BCUT2D eigenvalue weighted by atomic mass is 10.1. The third-order valence-corrected chi connectivity index (χ3v) is 4.66. The molecule has 6 nitrogen and oxygen atoms in total. The monoisotopic (exact) mass is 396 g/mol. The maximum absolute atomic E-state index is 13.0. The van der Waals surface area contributed by atoms with Crippen molar-refractivity contribution >= 4 is 38.8 Å². The van der Waals surface area contributed by atoms with Gasteiger partial charge in [0.1, 0.15) is 11.4 Å². The van der Waals surface area contributed by atoms with Gasteiger partial charge in [0.2, 0.25) is 5.91 Å². The number of fused-ring (bicyclic) bond motifs is 1. The van der Waals surface area contributed by atoms with Crippen LogP contribution in [0.2, 0.25) is 0 Å². The molecule has 0 saturated carbocycles. The number of rotatable bonds is 4. The van der Waals surface area contributed by atoms with E-state index in [-0.39, 0.29) is 17.8 Å². The average molecular weight is 396 g/mol. The predicted octanol–water partition coefficient (Wildman–Crippen LogP) is 3.18. The number of aromatic nitrogens is 2. The van der Waals surface area contributed by atoms with Crippen molar-refractivity contribution in [2.24, 2.45) is 0 Å². The Labute approximate surface area is 155 Å². The number of hydrogen-bond acceptors (Lipinski definition) is 5. The van der Waals surface area contributed by atoms with Crippen molar-refractivity contribution in [2.75, 3.05) is 24.3 Å². The Bertz CT molecular complexity index is 1060. The number of nitrogens with one attached hydrogen (secondary N) is 1. The van der Waals surface area contributed by atoms with Gasteiger partial charge in [0.05, 0.1) is 28.7 Å². The van der Waals surface area contributed by atoms with E-state index in [1.54, 1.807) is 30.4 Å². The SMILES string of the molecule is CN(C)c1ccc(C(F)(F)F)cc1NC(=O)Cn1cnc2sccc2c1=O. The van der Waals surface area contributed by atoms with Gasteiger partial charge in [-0.3, -0.25) is 14.2 Å². The number of anilines is 2. The Hall–Kier alpha value is -2.88. The standard InChI is InChI=1S/C17H15F3N4O2S/c1-23(2)13-4-3-10(17(18,19)20)7-12(13)22-14(25)8-24-9-21-15-11(16(24)26)5-6-27-15/h3-7,9H,8H2,1-2H3,(H,22,25). The maximum atomic E-state index is 13.0. The first kappa shape index (κ1) is 18.9. The number of carbonyl (C=O) groups is 1. The van der Waals surface area contributed by atoms with Crippen LogP contribution in [0, 0.1) is 0 Å². The molecule has 3 rings (SSSR count). The zero-order chi connectivity index (χ0) is 19.8. The first-order valence-electron chi connectivity index (χ1n) is 7.78. The van der Waals surface area contributed by atoms with Crippen molar-refractivity contribution in [3.05, 3.63) is 51.9 Å². The predicted molar refractivity (Wildman–Crippen MR) is 98.3 cm³/mol. The highest BCUT2D eigenvalue weighted by Gasteiger charge is 2.31. The van der Waals surface area contributed by atoms with Crippen LogP contribution in [0.5, 0.6) is 0 Å². The van der Waals surface area contributed by atoms with Gasteiger partial charge in [-0.05, 0) is 29.6 Å². The average Bonchev–Trinajstić information content (AvgIpc) is 3.06. The van der Waals surface area contributed by atoms with Crippen molar-refractivity contribution in [1.29, 1.82) is 0 Å². The summed E-state index contributed by atoms with van der Waals surface area (Å²) < 4.78 is 40.0. The summed E-state index contributed by atoms with van der Waals surface area (Å²) in [5.74, 6) is -0.629. The second-order valence-corrected chi connectivity index (χ2v) is 6.88. The van der Waals surface area contributed by atoms with E-state index in [1.807, 2.05) is 0 Å². The summed E-state index contributed by atoms with van der Waals surface area (Å²) in [6.07, 6.45) is -3.28. The molecule has 1 aromatic carbocycles. The quantitative estimate of drug-likeness (QED) is 0.736. The Morgan fingerprint density at radius 2 is 2.04 bits per heavy atom. The Morgan fingerprint density at radius 3 is 2.70 bits per heavy atom. The van der Waals surface area contributed by atoms with Gasteiger partial charge >= 0.3 is 6.18 Å². The number of amides is 1. The number of nitrogens with zero attached hydrogens (tertiary/aromatic N) is 3. The van der Waals surface area contributed by atoms with Crippen molar-refractivity contribution in [2.45, 2.75) is 12.7 Å². The zero-order valence-electron chi connectivity index (χ0n) is 14.4. The van der Waals surface area contributed by atoms with Crippen LogP contribution in [-0.2, 0) is 17.5 Å². The van der Waals surface area contributed by atoms with Crippen molar-refractivity contribution in [3.8, 4) is 0 Å². The van der Waals surface area contributed by atoms with E-state index in [4.69, 9.17) is 0 Å². The molecule has 0 saturated heterocycles. The molecule has 0 fully saturated rings. The molecular formula is C17H15F3N4O2S. The Balaban J connectivity index is 1.88. The number of halogens is 3. The minimum absolute atomic E-state index is 0.0115. The second kappa shape index (κ2) is 7.03. The molecule has 0 aliphatic carbocycles. The molecule has 0 spiro atoms. The van der Waals surface area contributed by atoms with Gasteiger partial charge in [-0.15, -0.1) is 11.3 Å². The fourth-order valence-electron chi connectivity index (χ4n) is 2.55. The molecule has 0 aliphatic rings. The van der Waals surface area contributed by atoms with Gasteiger partial charge in [0.15, 0.2) is 0 Å². The van der Waals surface area contributed by atoms with E-state index in [0.29, 0.717) is 15.9 Å². The van der Waals surface area contributed by atoms with Crippen LogP contribution in [0.1, 0.15) is 5.56 Å². The molecule has 3 aromatic rings. The van der Waals surface area contributed by atoms with Crippen molar-refractivity contribution in [1.82, 2.24) is 9.55 Å². The van der Waals surface area contributed by atoms with Crippen LogP contribution in [0.4, 0.5) is 24.5 Å². The molecule has 2 aromatic heterocycles. The zero-order valence-corrected chi connectivity index (χ0v) is 15.2. The van der Waals surface area contributed by atoms with Gasteiger partial charge in [0.25, 0.3) is 5.56 Å². The molecule has 0 aliphatic heterocycles. The molecule has 1 amide bonds. The van der Waals surface area contributed by atoms with E-state index in [1.165, 1.54) is 23.7 Å². The highest BCUT2D eigenvalue weighted by atomic mass is 32.1. The van der Waals surface area contributed by atoms with Gasteiger partial charge < -0.3 is 10.2 Å². The minimum Gasteiger partial charge on any atom is -0.376 e. The smallest absolute Gasteiger partial charge is 0.376 e. The summed E-state index contributed by atoms with van der Waals surface area (Å²) in [6.45, 7) is -0.360. The summed E-state index contributed by atoms with van der Waals surface area (Å²) >= 11 is 1.30. The van der Waals surface area contributed by atoms with Crippen molar-refractivity contribution in [3.63, 3.8) is 0 Å². The Morgan fingerprint density at radius 1 is 1.30 bits per heavy atom. The van der Waals surface area contributed by atoms with E-state index < -0.39 is 17.6 Å². The maximum Gasteiger partial charge on any atom is 0.416 e. The summed E-state index contributed by atoms with van der Waals surface area (Å²) in [5.41, 5.74) is -0.831. The molecule has 0 unspecified atom stereocenters. The van der Waals surface area contributed by atoms with E-state index in [9.17, 15) is 22.8 Å². The molecule has 1 N–H and O–H groups in total. The van der Waals surface area contributed by atoms with E-state index in [0.717, 1.165) is 16.7 Å². The highest BCUT2D eigenvalue weighted by Crippen LogP contribution is 2.34. The van der Waals surface area contributed by atoms with Crippen LogP contribution in [0.25, 0.3) is 10.2 Å². The van der Waals surface area contributed by atoms with Gasteiger partial charge in [-0.2, -0.15) is 13.2 Å². The summed E-state index contributed by atoms with van der Waals surface area (Å²) in [4.78, 5) is 30.9. The van der Waals surface area contributed by atoms with Gasteiger partial charge in [-0.25, -0.2) is 4.98 Å². The number of thiophene rings is 1. The van der Waals surface area contributed by atoms with Gasteiger partial charge in [-0.1, -0.05) is 0 Å². The fraction of sp³-hybridized carbons (Fsp3) is 0.235. The van der Waals surface area contributed by atoms with Crippen LogP contribution < -0.4 is 15.8 Å². The lowest BCUT2D eigenvalue weighted by Gasteiger charge is -2.20. The minimum atomic E-state index is -4.53. The number of alkyl halides is 3. The highest BCUT2D eigenvalue weighted by molar-refractivity contribution is 7.16. The molecule has 142 valence electrons. The van der Waals surface area contributed by atoms with E-state index in [2.05, 4.69) is 10.3 Å². The van der Waals surface area contributed by atoms with Gasteiger partial charge in [0, 0.05) is 14.1 Å². The molecule has 2 heterocycles. The lowest BCUT2D eigenvalue weighted by Crippen LogP contribution is -2.28.